The van der Waals surface area contributed by atoms with Crippen molar-refractivity contribution >= 4 is 5.82 Å². The molecule has 0 bridgehead atoms. The van der Waals surface area contributed by atoms with Crippen molar-refractivity contribution in [2.24, 2.45) is 0 Å². The maximum atomic E-state index is 5.15. The van der Waals surface area contributed by atoms with Gasteiger partial charge < -0.3 is 9.64 Å². The zero-order valence-electron chi connectivity index (χ0n) is 9.40. The molecule has 0 spiro atoms. The van der Waals surface area contributed by atoms with Gasteiger partial charge in [-0.1, -0.05) is 13.8 Å². The number of hydrogen-bond acceptors (Lipinski definition) is 4. The van der Waals surface area contributed by atoms with Gasteiger partial charge >= 0.3 is 0 Å². The van der Waals surface area contributed by atoms with Crippen molar-refractivity contribution in [1.29, 1.82) is 0 Å². The topological polar surface area (TPSA) is 38.3 Å². The molecule has 0 aliphatic heterocycles. The van der Waals surface area contributed by atoms with Crippen molar-refractivity contribution in [2.45, 2.75) is 19.8 Å². The molecule has 1 aromatic heterocycles. The van der Waals surface area contributed by atoms with E-state index in [0.717, 1.165) is 11.4 Å². The average molecular weight is 195 g/mol. The maximum absolute atomic E-state index is 5.15. The second kappa shape index (κ2) is 4.26. The smallest absolute Gasteiger partial charge is 0.236 e. The Kier molecular flexibility index (Phi) is 3.28. The van der Waals surface area contributed by atoms with Crippen LogP contribution in [-0.4, -0.2) is 31.4 Å². The molecule has 0 N–H and O–H groups in total. The minimum Gasteiger partial charge on any atom is -0.480 e. The second-order valence-corrected chi connectivity index (χ2v) is 3.72. The third-order valence-electron chi connectivity index (χ3n) is 2.05. The molecule has 78 valence electrons. The highest BCUT2D eigenvalue weighted by molar-refractivity contribution is 5.42. The van der Waals surface area contributed by atoms with Crippen LogP contribution in [0.4, 0.5) is 5.82 Å². The van der Waals surface area contributed by atoms with Crippen molar-refractivity contribution in [3.63, 3.8) is 0 Å². The Labute approximate surface area is 84.9 Å². The summed E-state index contributed by atoms with van der Waals surface area (Å²) < 4.78 is 5.15. The van der Waals surface area contributed by atoms with Crippen LogP contribution in [0.2, 0.25) is 0 Å². The van der Waals surface area contributed by atoms with E-state index in [1.54, 1.807) is 7.11 Å². The average Bonchev–Trinajstić information content (AvgIpc) is 2.16. The molecule has 4 nitrogen and oxygen atoms in total. The Morgan fingerprint density at radius 3 is 2.36 bits per heavy atom. The number of methoxy groups -OCH3 is 1. The summed E-state index contributed by atoms with van der Waals surface area (Å²) in [6.07, 6.45) is 0. The lowest BCUT2D eigenvalue weighted by atomic mass is 10.1. The number of anilines is 1. The van der Waals surface area contributed by atoms with E-state index in [0.29, 0.717) is 11.8 Å². The summed E-state index contributed by atoms with van der Waals surface area (Å²) in [5.41, 5.74) is 1.09. The Hall–Kier alpha value is -1.32. The molecule has 4 heteroatoms. The summed E-state index contributed by atoms with van der Waals surface area (Å²) in [4.78, 5) is 1.93. The fourth-order valence-corrected chi connectivity index (χ4v) is 1.17. The molecule has 0 atom stereocenters. The van der Waals surface area contributed by atoms with Crippen LogP contribution in [0.3, 0.4) is 0 Å². The van der Waals surface area contributed by atoms with Crippen LogP contribution < -0.4 is 9.64 Å². The fourth-order valence-electron chi connectivity index (χ4n) is 1.17. The molecule has 1 heterocycles. The van der Waals surface area contributed by atoms with Gasteiger partial charge in [0.25, 0.3) is 0 Å². The van der Waals surface area contributed by atoms with E-state index >= 15 is 0 Å². The van der Waals surface area contributed by atoms with Crippen molar-refractivity contribution in [2.75, 3.05) is 26.1 Å². The molecule has 0 saturated carbocycles. The SMILES string of the molecule is COc1nnc(N(C)C)cc1C(C)C. The van der Waals surface area contributed by atoms with Crippen LogP contribution in [0.25, 0.3) is 0 Å². The van der Waals surface area contributed by atoms with Crippen molar-refractivity contribution in [3.8, 4) is 5.88 Å². The van der Waals surface area contributed by atoms with Gasteiger partial charge in [-0.25, -0.2) is 0 Å². The Morgan fingerprint density at radius 1 is 1.29 bits per heavy atom. The summed E-state index contributed by atoms with van der Waals surface area (Å²) in [6, 6.07) is 2.01. The van der Waals surface area contributed by atoms with Crippen LogP contribution >= 0.6 is 0 Å². The summed E-state index contributed by atoms with van der Waals surface area (Å²) in [5.74, 6) is 1.86. The highest BCUT2D eigenvalue weighted by atomic mass is 16.5. The van der Waals surface area contributed by atoms with Crippen molar-refractivity contribution < 1.29 is 4.74 Å². The summed E-state index contributed by atoms with van der Waals surface area (Å²) in [5, 5.41) is 8.07. The zero-order valence-corrected chi connectivity index (χ0v) is 9.40. The highest BCUT2D eigenvalue weighted by Gasteiger charge is 2.11. The Balaban J connectivity index is 3.14. The first kappa shape index (κ1) is 10.8. The van der Waals surface area contributed by atoms with E-state index in [1.165, 1.54) is 0 Å². The minimum atomic E-state index is 0.388. The highest BCUT2D eigenvalue weighted by Crippen LogP contribution is 2.25. The first-order chi connectivity index (χ1) is 6.56. The Morgan fingerprint density at radius 2 is 1.93 bits per heavy atom. The molecular weight excluding hydrogens is 178 g/mol. The number of ether oxygens (including phenoxy) is 1. The van der Waals surface area contributed by atoms with Gasteiger partial charge in [-0.3, -0.25) is 0 Å². The number of hydrogen-bond donors (Lipinski definition) is 0. The van der Waals surface area contributed by atoms with E-state index in [1.807, 2.05) is 25.1 Å². The van der Waals surface area contributed by atoms with E-state index in [9.17, 15) is 0 Å². The molecule has 0 aliphatic rings. The number of rotatable bonds is 3. The van der Waals surface area contributed by atoms with Gasteiger partial charge in [-0.2, -0.15) is 0 Å². The standard InChI is InChI=1S/C10H17N3O/c1-7(2)8-6-9(13(3)4)11-12-10(8)14-5/h6-7H,1-5H3. The van der Waals surface area contributed by atoms with E-state index < -0.39 is 0 Å². The third-order valence-corrected chi connectivity index (χ3v) is 2.05. The fraction of sp³-hybridized carbons (Fsp3) is 0.600. The minimum absolute atomic E-state index is 0.388. The molecule has 0 radical (unpaired) electrons. The van der Waals surface area contributed by atoms with E-state index in [4.69, 9.17) is 4.74 Å². The molecule has 0 amide bonds. The number of nitrogens with zero attached hydrogens (tertiary/aromatic N) is 3. The molecule has 0 saturated heterocycles. The lowest BCUT2D eigenvalue weighted by Gasteiger charge is -2.15. The monoisotopic (exact) mass is 195 g/mol. The van der Waals surface area contributed by atoms with Crippen molar-refractivity contribution in [1.82, 2.24) is 10.2 Å². The lowest BCUT2D eigenvalue weighted by molar-refractivity contribution is 0.384. The second-order valence-electron chi connectivity index (χ2n) is 3.72. The van der Waals surface area contributed by atoms with Crippen LogP contribution in [0.15, 0.2) is 6.07 Å². The van der Waals surface area contributed by atoms with Crippen LogP contribution in [0.1, 0.15) is 25.3 Å². The predicted molar refractivity (Wildman–Crippen MR) is 57.0 cm³/mol. The molecule has 0 fully saturated rings. The van der Waals surface area contributed by atoms with Crippen LogP contribution in [0.5, 0.6) is 5.88 Å². The first-order valence-electron chi connectivity index (χ1n) is 4.65. The third kappa shape index (κ3) is 2.13. The van der Waals surface area contributed by atoms with Gasteiger partial charge in [0.2, 0.25) is 5.88 Å². The largest absolute Gasteiger partial charge is 0.480 e. The van der Waals surface area contributed by atoms with Gasteiger partial charge in [0.1, 0.15) is 0 Å². The van der Waals surface area contributed by atoms with Gasteiger partial charge in [0.05, 0.1) is 7.11 Å². The van der Waals surface area contributed by atoms with Crippen LogP contribution in [0, 0.1) is 0 Å². The van der Waals surface area contributed by atoms with Gasteiger partial charge in [0, 0.05) is 19.7 Å². The molecule has 14 heavy (non-hydrogen) atoms. The van der Waals surface area contributed by atoms with Gasteiger partial charge in [0.15, 0.2) is 5.82 Å². The predicted octanol–water partition coefficient (Wildman–Crippen LogP) is 1.67. The molecule has 0 unspecified atom stereocenters. The molecule has 1 aromatic rings. The summed E-state index contributed by atoms with van der Waals surface area (Å²) >= 11 is 0. The molecular formula is C10H17N3O. The Bertz CT molecular complexity index is 310. The summed E-state index contributed by atoms with van der Waals surface area (Å²) in [7, 11) is 5.51. The van der Waals surface area contributed by atoms with E-state index in [-0.39, 0.29) is 0 Å². The zero-order chi connectivity index (χ0) is 10.7. The normalized spacial score (nSPS) is 10.4. The van der Waals surface area contributed by atoms with Crippen LogP contribution in [-0.2, 0) is 0 Å². The number of aromatic nitrogens is 2. The lowest BCUT2D eigenvalue weighted by Crippen LogP contribution is -2.12. The van der Waals surface area contributed by atoms with Gasteiger partial charge in [-0.15, -0.1) is 10.2 Å². The summed E-state index contributed by atoms with van der Waals surface area (Å²) in [6.45, 7) is 4.22. The van der Waals surface area contributed by atoms with E-state index in [2.05, 4.69) is 24.0 Å². The molecule has 0 aliphatic carbocycles. The van der Waals surface area contributed by atoms with Crippen molar-refractivity contribution in [3.05, 3.63) is 11.6 Å². The molecule has 1 rings (SSSR count). The van der Waals surface area contributed by atoms with Gasteiger partial charge in [-0.05, 0) is 12.0 Å². The quantitative estimate of drug-likeness (QED) is 0.735. The first-order valence-corrected chi connectivity index (χ1v) is 4.65. The molecule has 0 aromatic carbocycles. The maximum Gasteiger partial charge on any atom is 0.236 e.